The summed E-state index contributed by atoms with van der Waals surface area (Å²) in [7, 11) is 0. The maximum absolute atomic E-state index is 5.63. The first-order chi connectivity index (χ1) is 8.04. The highest BCUT2D eigenvalue weighted by Gasteiger charge is 2.12. The third kappa shape index (κ3) is 5.46. The molecule has 0 radical (unpaired) electrons. The van der Waals surface area contributed by atoms with Gasteiger partial charge in [0.2, 0.25) is 0 Å². The average Bonchev–Trinajstić information content (AvgIpc) is 2.28. The molecule has 0 aliphatic carbocycles. The number of hydrogen-bond donors (Lipinski definition) is 2. The van der Waals surface area contributed by atoms with Crippen LogP contribution in [0.25, 0.3) is 0 Å². The SMILES string of the molecule is CC(C)(C)c1ccc(OCCNCCS)cc1. The standard InChI is InChI=1S/C14H23NOS/c1-14(2,3)12-4-6-13(7-5-12)16-10-8-15-9-11-17/h4-7,15,17H,8-11H2,1-3H3. The maximum atomic E-state index is 5.63. The van der Waals surface area contributed by atoms with Crippen LogP contribution in [0, 0.1) is 0 Å². The zero-order valence-corrected chi connectivity index (χ0v) is 11.9. The quantitative estimate of drug-likeness (QED) is 0.601. The molecule has 1 rings (SSSR count). The van der Waals surface area contributed by atoms with E-state index in [1.807, 2.05) is 12.1 Å². The average molecular weight is 253 g/mol. The molecule has 0 fully saturated rings. The Hall–Kier alpha value is -0.670. The second-order valence-corrected chi connectivity index (χ2v) is 5.54. The highest BCUT2D eigenvalue weighted by molar-refractivity contribution is 7.80. The van der Waals surface area contributed by atoms with Crippen molar-refractivity contribution in [3.05, 3.63) is 29.8 Å². The Bertz CT molecular complexity index is 316. The molecular formula is C14H23NOS. The highest BCUT2D eigenvalue weighted by Crippen LogP contribution is 2.24. The summed E-state index contributed by atoms with van der Waals surface area (Å²) in [5.41, 5.74) is 1.53. The smallest absolute Gasteiger partial charge is 0.119 e. The van der Waals surface area contributed by atoms with Gasteiger partial charge in [0.05, 0.1) is 0 Å². The lowest BCUT2D eigenvalue weighted by atomic mass is 9.87. The third-order valence-corrected chi connectivity index (χ3v) is 2.78. The fourth-order valence-corrected chi connectivity index (χ4v) is 1.65. The summed E-state index contributed by atoms with van der Waals surface area (Å²) >= 11 is 4.13. The lowest BCUT2D eigenvalue weighted by Gasteiger charge is -2.19. The van der Waals surface area contributed by atoms with Crippen molar-refractivity contribution in [1.82, 2.24) is 5.32 Å². The molecule has 0 heterocycles. The summed E-state index contributed by atoms with van der Waals surface area (Å²) in [4.78, 5) is 0. The summed E-state index contributed by atoms with van der Waals surface area (Å²) in [5, 5.41) is 3.24. The van der Waals surface area contributed by atoms with Crippen LogP contribution in [0.15, 0.2) is 24.3 Å². The summed E-state index contributed by atoms with van der Waals surface area (Å²) in [6, 6.07) is 8.35. The van der Waals surface area contributed by atoms with E-state index in [4.69, 9.17) is 4.74 Å². The summed E-state index contributed by atoms with van der Waals surface area (Å²) in [6.07, 6.45) is 0. The van der Waals surface area contributed by atoms with Crippen LogP contribution in [0.1, 0.15) is 26.3 Å². The summed E-state index contributed by atoms with van der Waals surface area (Å²) < 4.78 is 5.63. The van der Waals surface area contributed by atoms with Gasteiger partial charge in [0, 0.05) is 18.8 Å². The summed E-state index contributed by atoms with van der Waals surface area (Å²) in [5.74, 6) is 1.80. The van der Waals surface area contributed by atoms with E-state index in [0.717, 1.165) is 24.6 Å². The molecule has 0 amide bonds. The van der Waals surface area contributed by atoms with Crippen LogP contribution in [0.3, 0.4) is 0 Å². The van der Waals surface area contributed by atoms with Gasteiger partial charge < -0.3 is 10.1 Å². The summed E-state index contributed by atoms with van der Waals surface area (Å²) in [6.45, 7) is 9.12. The Morgan fingerprint density at radius 1 is 1.12 bits per heavy atom. The van der Waals surface area contributed by atoms with E-state index in [2.05, 4.69) is 50.8 Å². The molecule has 1 aromatic rings. The molecule has 0 atom stereocenters. The third-order valence-electron chi connectivity index (χ3n) is 2.56. The van der Waals surface area contributed by atoms with Crippen molar-refractivity contribution in [3.63, 3.8) is 0 Å². The Labute approximate surface area is 110 Å². The Morgan fingerprint density at radius 3 is 2.29 bits per heavy atom. The van der Waals surface area contributed by atoms with Gasteiger partial charge in [-0.05, 0) is 23.1 Å². The van der Waals surface area contributed by atoms with Crippen molar-refractivity contribution >= 4 is 12.6 Å². The molecule has 0 aromatic heterocycles. The molecular weight excluding hydrogens is 230 g/mol. The van der Waals surface area contributed by atoms with E-state index in [1.54, 1.807) is 0 Å². The van der Waals surface area contributed by atoms with Gasteiger partial charge in [0.1, 0.15) is 12.4 Å². The number of thiol groups is 1. The topological polar surface area (TPSA) is 21.3 Å². The number of rotatable bonds is 6. The number of ether oxygens (including phenoxy) is 1. The molecule has 0 aliphatic rings. The highest BCUT2D eigenvalue weighted by atomic mass is 32.1. The molecule has 0 unspecified atom stereocenters. The van der Waals surface area contributed by atoms with E-state index in [9.17, 15) is 0 Å². The van der Waals surface area contributed by atoms with Crippen LogP contribution in [-0.4, -0.2) is 25.4 Å². The molecule has 0 bridgehead atoms. The number of nitrogens with one attached hydrogen (secondary N) is 1. The van der Waals surface area contributed by atoms with Gasteiger partial charge in [-0.3, -0.25) is 0 Å². The zero-order valence-electron chi connectivity index (χ0n) is 11.0. The number of hydrogen-bond acceptors (Lipinski definition) is 3. The molecule has 0 saturated heterocycles. The fraction of sp³-hybridized carbons (Fsp3) is 0.571. The predicted molar refractivity (Wildman–Crippen MR) is 77.4 cm³/mol. The lowest BCUT2D eigenvalue weighted by Crippen LogP contribution is -2.22. The van der Waals surface area contributed by atoms with E-state index < -0.39 is 0 Å². The van der Waals surface area contributed by atoms with Crippen molar-refractivity contribution in [2.45, 2.75) is 26.2 Å². The van der Waals surface area contributed by atoms with Crippen LogP contribution < -0.4 is 10.1 Å². The van der Waals surface area contributed by atoms with Crippen molar-refractivity contribution in [1.29, 1.82) is 0 Å². The van der Waals surface area contributed by atoms with Gasteiger partial charge in [-0.25, -0.2) is 0 Å². The number of benzene rings is 1. The van der Waals surface area contributed by atoms with E-state index in [-0.39, 0.29) is 5.41 Å². The van der Waals surface area contributed by atoms with Crippen LogP contribution >= 0.6 is 12.6 Å². The molecule has 17 heavy (non-hydrogen) atoms. The molecule has 0 saturated carbocycles. The molecule has 0 aliphatic heterocycles. The first-order valence-electron chi connectivity index (χ1n) is 6.09. The van der Waals surface area contributed by atoms with Crippen molar-refractivity contribution in [2.24, 2.45) is 0 Å². The first-order valence-corrected chi connectivity index (χ1v) is 6.72. The van der Waals surface area contributed by atoms with Crippen molar-refractivity contribution < 1.29 is 4.74 Å². The minimum Gasteiger partial charge on any atom is -0.492 e. The first kappa shape index (κ1) is 14.4. The van der Waals surface area contributed by atoms with Crippen LogP contribution in [0.5, 0.6) is 5.75 Å². The Balaban J connectivity index is 2.36. The zero-order chi connectivity index (χ0) is 12.7. The monoisotopic (exact) mass is 253 g/mol. The fourth-order valence-electron chi connectivity index (χ4n) is 1.50. The van der Waals surface area contributed by atoms with Crippen molar-refractivity contribution in [3.8, 4) is 5.75 Å². The van der Waals surface area contributed by atoms with E-state index in [1.165, 1.54) is 5.56 Å². The lowest BCUT2D eigenvalue weighted by molar-refractivity contribution is 0.315. The van der Waals surface area contributed by atoms with Gasteiger partial charge in [-0.1, -0.05) is 32.9 Å². The Morgan fingerprint density at radius 2 is 1.76 bits per heavy atom. The molecule has 96 valence electrons. The maximum Gasteiger partial charge on any atom is 0.119 e. The van der Waals surface area contributed by atoms with E-state index in [0.29, 0.717) is 6.61 Å². The molecule has 0 spiro atoms. The molecule has 1 aromatic carbocycles. The second-order valence-electron chi connectivity index (χ2n) is 5.10. The van der Waals surface area contributed by atoms with Crippen LogP contribution in [0.2, 0.25) is 0 Å². The Kier molecular flexibility index (Phi) is 5.86. The molecule has 3 heteroatoms. The largest absolute Gasteiger partial charge is 0.492 e. The van der Waals surface area contributed by atoms with Gasteiger partial charge in [-0.15, -0.1) is 0 Å². The van der Waals surface area contributed by atoms with Crippen LogP contribution in [0.4, 0.5) is 0 Å². The van der Waals surface area contributed by atoms with E-state index >= 15 is 0 Å². The predicted octanol–water partition coefficient (Wildman–Crippen LogP) is 2.88. The molecule has 2 nitrogen and oxygen atoms in total. The minimum absolute atomic E-state index is 0.201. The second kappa shape index (κ2) is 6.92. The van der Waals surface area contributed by atoms with Crippen LogP contribution in [-0.2, 0) is 5.41 Å². The van der Waals surface area contributed by atoms with Gasteiger partial charge >= 0.3 is 0 Å². The minimum atomic E-state index is 0.201. The molecule has 1 N–H and O–H groups in total. The normalized spacial score (nSPS) is 11.5. The van der Waals surface area contributed by atoms with Crippen molar-refractivity contribution in [2.75, 3.05) is 25.4 Å². The van der Waals surface area contributed by atoms with Gasteiger partial charge in [0.25, 0.3) is 0 Å². The van der Waals surface area contributed by atoms with Gasteiger partial charge in [0.15, 0.2) is 0 Å². The van der Waals surface area contributed by atoms with Gasteiger partial charge in [-0.2, -0.15) is 12.6 Å².